The Hall–Kier alpha value is -2.55. The summed E-state index contributed by atoms with van der Waals surface area (Å²) in [6.07, 6.45) is 46.5. The lowest BCUT2D eigenvalue weighted by atomic mass is 10.1. The van der Waals surface area contributed by atoms with Crippen molar-refractivity contribution in [3.63, 3.8) is 0 Å². The molecule has 0 radical (unpaired) electrons. The van der Waals surface area contributed by atoms with Crippen LogP contribution in [0.2, 0.25) is 0 Å². The average Bonchev–Trinajstić information content (AvgIpc) is 3.15. The minimum atomic E-state index is -4.64. The summed E-state index contributed by atoms with van der Waals surface area (Å²) in [6, 6.07) is 0. The number of hydrogen-bond donors (Lipinski definition) is 0. The number of carbonyl (C=O) groups excluding carboxylic acids is 2. The number of allylic oxidation sites excluding steroid dienone is 12. The third kappa shape index (κ3) is 41.1. The van der Waals surface area contributed by atoms with Crippen molar-refractivity contribution in [2.45, 2.75) is 161 Å². The number of phosphoric ester groups is 1. The van der Waals surface area contributed by atoms with Crippen molar-refractivity contribution in [2.75, 3.05) is 47.5 Å². The molecular formula is C46H80NO8P. The molecule has 0 spiro atoms. The Morgan fingerprint density at radius 3 is 1.59 bits per heavy atom. The Kier molecular flexibility index (Phi) is 36.3. The highest BCUT2D eigenvalue weighted by atomic mass is 31.2. The van der Waals surface area contributed by atoms with Gasteiger partial charge in [-0.05, 0) is 77.0 Å². The van der Waals surface area contributed by atoms with E-state index in [9.17, 15) is 19.0 Å². The second kappa shape index (κ2) is 38.0. The molecule has 0 saturated carbocycles. The fourth-order valence-corrected chi connectivity index (χ4v) is 6.06. The maximum absolute atomic E-state index is 12.7. The number of ether oxygens (including phenoxy) is 2. The molecule has 322 valence electrons. The van der Waals surface area contributed by atoms with E-state index in [2.05, 4.69) is 80.7 Å². The Bertz CT molecular complexity index is 1180. The van der Waals surface area contributed by atoms with Gasteiger partial charge in [0.25, 0.3) is 7.82 Å². The van der Waals surface area contributed by atoms with E-state index in [1.165, 1.54) is 44.9 Å². The number of carbonyl (C=O) groups is 2. The van der Waals surface area contributed by atoms with E-state index in [0.717, 1.165) is 70.6 Å². The highest BCUT2D eigenvalue weighted by Crippen LogP contribution is 2.38. The summed E-state index contributed by atoms with van der Waals surface area (Å²) >= 11 is 0. The molecule has 0 rings (SSSR count). The molecule has 0 aliphatic heterocycles. The molecule has 0 heterocycles. The summed E-state index contributed by atoms with van der Waals surface area (Å²) in [5.41, 5.74) is 0. The van der Waals surface area contributed by atoms with Crippen LogP contribution < -0.4 is 4.89 Å². The van der Waals surface area contributed by atoms with E-state index in [1.54, 1.807) is 0 Å². The molecule has 2 atom stereocenters. The minimum absolute atomic E-state index is 0.0446. The van der Waals surface area contributed by atoms with Crippen LogP contribution in [0, 0.1) is 0 Å². The van der Waals surface area contributed by atoms with Gasteiger partial charge in [-0.3, -0.25) is 14.2 Å². The summed E-state index contributed by atoms with van der Waals surface area (Å²) in [4.78, 5) is 37.5. The Balaban J connectivity index is 4.49. The van der Waals surface area contributed by atoms with Gasteiger partial charge in [0.05, 0.1) is 27.7 Å². The summed E-state index contributed by atoms with van der Waals surface area (Å²) in [5.74, 6) is -0.919. The molecular weight excluding hydrogens is 725 g/mol. The van der Waals surface area contributed by atoms with Crippen LogP contribution in [0.25, 0.3) is 0 Å². The summed E-state index contributed by atoms with van der Waals surface area (Å²) in [7, 11) is 1.12. The lowest BCUT2D eigenvalue weighted by Crippen LogP contribution is -2.37. The standard InChI is InChI=1S/C46H80NO8P/c1-6-8-10-12-14-16-18-20-22-23-25-26-28-30-32-34-36-38-45(48)52-42-44(43-54-56(50,51)53-41-40-47(3,4)5)55-46(49)39-37-35-33-31-29-27-24-21-19-17-15-13-11-9-7-2/h8,10,14,16,20-22,24-26,30,32,44H,6-7,9,11-13,15,17-19,23,27-29,31,33-43H2,1-5H3/b10-8+,16-14+,22-20+,24-21+,26-25+,32-30+/t44-/m1/s1. The van der Waals surface area contributed by atoms with Gasteiger partial charge >= 0.3 is 11.9 Å². The third-order valence-electron chi connectivity index (χ3n) is 8.71. The van der Waals surface area contributed by atoms with Gasteiger partial charge in [0, 0.05) is 12.8 Å². The zero-order valence-electron chi connectivity index (χ0n) is 36.1. The molecule has 56 heavy (non-hydrogen) atoms. The van der Waals surface area contributed by atoms with Crippen LogP contribution in [0.1, 0.15) is 155 Å². The van der Waals surface area contributed by atoms with Crippen LogP contribution in [-0.4, -0.2) is 70.0 Å². The Morgan fingerprint density at radius 1 is 0.571 bits per heavy atom. The van der Waals surface area contributed by atoms with Crippen LogP contribution >= 0.6 is 7.82 Å². The van der Waals surface area contributed by atoms with Gasteiger partial charge < -0.3 is 27.9 Å². The van der Waals surface area contributed by atoms with Crippen LogP contribution in [0.4, 0.5) is 0 Å². The first kappa shape index (κ1) is 53.5. The second-order valence-corrected chi connectivity index (χ2v) is 16.7. The van der Waals surface area contributed by atoms with Crippen molar-refractivity contribution in [3.05, 3.63) is 72.9 Å². The zero-order chi connectivity index (χ0) is 41.4. The second-order valence-electron chi connectivity index (χ2n) is 15.3. The predicted molar refractivity (Wildman–Crippen MR) is 231 cm³/mol. The van der Waals surface area contributed by atoms with Gasteiger partial charge in [0.15, 0.2) is 6.10 Å². The van der Waals surface area contributed by atoms with E-state index in [0.29, 0.717) is 23.9 Å². The lowest BCUT2D eigenvalue weighted by molar-refractivity contribution is -0.870. The van der Waals surface area contributed by atoms with Crippen molar-refractivity contribution in [3.8, 4) is 0 Å². The van der Waals surface area contributed by atoms with E-state index in [4.69, 9.17) is 18.5 Å². The van der Waals surface area contributed by atoms with Gasteiger partial charge in [-0.25, -0.2) is 0 Å². The first-order chi connectivity index (χ1) is 27.0. The number of phosphoric acid groups is 1. The average molecular weight is 806 g/mol. The quantitative estimate of drug-likeness (QED) is 0.0199. The predicted octanol–water partition coefficient (Wildman–Crippen LogP) is 11.6. The molecule has 0 fully saturated rings. The molecule has 0 aliphatic rings. The topological polar surface area (TPSA) is 111 Å². The molecule has 0 bridgehead atoms. The molecule has 0 aromatic heterocycles. The number of hydrogen-bond acceptors (Lipinski definition) is 8. The molecule has 0 saturated heterocycles. The number of unbranched alkanes of at least 4 members (excludes halogenated alkanes) is 12. The Morgan fingerprint density at radius 2 is 1.04 bits per heavy atom. The van der Waals surface area contributed by atoms with E-state index in [-0.39, 0.29) is 26.1 Å². The number of esters is 2. The fourth-order valence-electron chi connectivity index (χ4n) is 5.33. The van der Waals surface area contributed by atoms with Gasteiger partial charge in [-0.1, -0.05) is 138 Å². The highest BCUT2D eigenvalue weighted by molar-refractivity contribution is 7.45. The van der Waals surface area contributed by atoms with Crippen molar-refractivity contribution < 1.29 is 42.1 Å². The molecule has 0 aliphatic carbocycles. The summed E-state index contributed by atoms with van der Waals surface area (Å²) < 4.78 is 33.8. The number of quaternary nitrogens is 1. The molecule has 0 N–H and O–H groups in total. The minimum Gasteiger partial charge on any atom is -0.756 e. The zero-order valence-corrected chi connectivity index (χ0v) is 36.9. The van der Waals surface area contributed by atoms with Crippen LogP contribution in [-0.2, 0) is 32.7 Å². The molecule has 1 unspecified atom stereocenters. The summed E-state index contributed by atoms with van der Waals surface area (Å²) in [5, 5.41) is 0. The fraction of sp³-hybridized carbons (Fsp3) is 0.696. The third-order valence-corrected chi connectivity index (χ3v) is 9.67. The first-order valence-corrected chi connectivity index (χ1v) is 23.1. The van der Waals surface area contributed by atoms with E-state index in [1.807, 2.05) is 27.2 Å². The number of rotatable bonds is 38. The lowest BCUT2D eigenvalue weighted by Gasteiger charge is -2.28. The first-order valence-electron chi connectivity index (χ1n) is 21.6. The van der Waals surface area contributed by atoms with Gasteiger partial charge in [-0.2, -0.15) is 0 Å². The van der Waals surface area contributed by atoms with E-state index >= 15 is 0 Å². The van der Waals surface area contributed by atoms with Crippen molar-refractivity contribution >= 4 is 19.8 Å². The SMILES string of the molecule is CC/C=C/C/C=C/C/C=C/C/C=C/C/C=C/CCCC(=O)OC[C@H](COP(=O)([O-])OCC[N+](C)(C)C)OC(=O)CCCCCCC/C=C/CCCCCCCC. The maximum Gasteiger partial charge on any atom is 0.306 e. The van der Waals surface area contributed by atoms with Gasteiger partial charge in [0.2, 0.25) is 0 Å². The largest absolute Gasteiger partial charge is 0.756 e. The van der Waals surface area contributed by atoms with Gasteiger partial charge in [0.1, 0.15) is 19.8 Å². The highest BCUT2D eigenvalue weighted by Gasteiger charge is 2.21. The van der Waals surface area contributed by atoms with Crippen molar-refractivity contribution in [2.24, 2.45) is 0 Å². The smallest absolute Gasteiger partial charge is 0.306 e. The van der Waals surface area contributed by atoms with Crippen molar-refractivity contribution in [1.29, 1.82) is 0 Å². The normalized spacial score (nSPS) is 14.3. The maximum atomic E-state index is 12.7. The molecule has 9 nitrogen and oxygen atoms in total. The van der Waals surface area contributed by atoms with Crippen LogP contribution in [0.5, 0.6) is 0 Å². The monoisotopic (exact) mass is 806 g/mol. The van der Waals surface area contributed by atoms with Crippen molar-refractivity contribution in [1.82, 2.24) is 0 Å². The van der Waals surface area contributed by atoms with E-state index < -0.39 is 32.5 Å². The number of likely N-dealkylation sites (N-methyl/N-ethyl adjacent to an activating group) is 1. The van der Waals surface area contributed by atoms with Crippen LogP contribution in [0.3, 0.4) is 0 Å². The molecule has 0 amide bonds. The van der Waals surface area contributed by atoms with Crippen LogP contribution in [0.15, 0.2) is 72.9 Å². The van der Waals surface area contributed by atoms with Gasteiger partial charge in [-0.15, -0.1) is 0 Å². The molecule has 0 aromatic rings. The number of nitrogens with zero attached hydrogens (tertiary/aromatic N) is 1. The summed E-state index contributed by atoms with van der Waals surface area (Å²) in [6.45, 7) is 4.01. The molecule has 10 heteroatoms. The molecule has 0 aromatic carbocycles. The Labute approximate surface area is 342 Å².